The smallest absolute Gasteiger partial charge is 0.128 e. The summed E-state index contributed by atoms with van der Waals surface area (Å²) in [5, 5.41) is 3.26. The monoisotopic (exact) mass is 318 g/mol. The van der Waals surface area contributed by atoms with Crippen molar-refractivity contribution in [1.82, 2.24) is 10.2 Å². The van der Waals surface area contributed by atoms with Gasteiger partial charge in [-0.05, 0) is 19.2 Å². The predicted molar refractivity (Wildman–Crippen MR) is 75.2 cm³/mol. The standard InChI is InChI=1S/C13H20BrFN2O/c1-17(7-5-16-6-8-18-2)10-11-3-4-12(14)9-13(11)15/h3-4,9,16H,5-8,10H2,1-2H3. The lowest BCUT2D eigenvalue weighted by molar-refractivity contribution is 0.197. The van der Waals surface area contributed by atoms with Crippen molar-refractivity contribution >= 4 is 15.9 Å². The number of nitrogens with zero attached hydrogens (tertiary/aromatic N) is 1. The van der Waals surface area contributed by atoms with E-state index < -0.39 is 0 Å². The Labute approximate surface area is 116 Å². The molecule has 0 aromatic heterocycles. The number of halogens is 2. The van der Waals surface area contributed by atoms with E-state index in [2.05, 4.69) is 26.1 Å². The van der Waals surface area contributed by atoms with Crippen LogP contribution < -0.4 is 5.32 Å². The van der Waals surface area contributed by atoms with Gasteiger partial charge in [0.1, 0.15) is 5.82 Å². The number of methoxy groups -OCH3 is 1. The number of nitrogens with one attached hydrogen (secondary N) is 1. The summed E-state index contributed by atoms with van der Waals surface area (Å²) >= 11 is 3.25. The van der Waals surface area contributed by atoms with Crippen LogP contribution in [0.3, 0.4) is 0 Å². The summed E-state index contributed by atoms with van der Waals surface area (Å²) in [6, 6.07) is 5.18. The van der Waals surface area contributed by atoms with Crippen LogP contribution in [0, 0.1) is 5.82 Å². The maximum Gasteiger partial charge on any atom is 0.128 e. The van der Waals surface area contributed by atoms with E-state index in [0.717, 1.165) is 29.7 Å². The summed E-state index contributed by atoms with van der Waals surface area (Å²) in [7, 11) is 3.67. The molecule has 0 aliphatic rings. The van der Waals surface area contributed by atoms with Gasteiger partial charge in [-0.3, -0.25) is 0 Å². The van der Waals surface area contributed by atoms with Gasteiger partial charge >= 0.3 is 0 Å². The molecule has 1 rings (SSSR count). The fraction of sp³-hybridized carbons (Fsp3) is 0.538. The second-order valence-corrected chi connectivity index (χ2v) is 5.13. The molecule has 0 bridgehead atoms. The van der Waals surface area contributed by atoms with Gasteiger partial charge in [0.2, 0.25) is 0 Å². The van der Waals surface area contributed by atoms with Gasteiger partial charge in [-0.1, -0.05) is 22.0 Å². The first-order chi connectivity index (χ1) is 8.63. The third-order valence-electron chi connectivity index (χ3n) is 2.61. The summed E-state index contributed by atoms with van der Waals surface area (Å²) < 4.78 is 19.3. The van der Waals surface area contributed by atoms with Crippen LogP contribution in [-0.2, 0) is 11.3 Å². The van der Waals surface area contributed by atoms with Crippen molar-refractivity contribution in [2.24, 2.45) is 0 Å². The third kappa shape index (κ3) is 5.91. The molecule has 1 N–H and O–H groups in total. The number of likely N-dealkylation sites (N-methyl/N-ethyl adjacent to an activating group) is 1. The Balaban J connectivity index is 2.28. The Kier molecular flexibility index (Phi) is 7.42. The Morgan fingerprint density at radius 2 is 2.17 bits per heavy atom. The van der Waals surface area contributed by atoms with Gasteiger partial charge < -0.3 is 15.0 Å². The molecule has 0 radical (unpaired) electrons. The molecular weight excluding hydrogens is 299 g/mol. The summed E-state index contributed by atoms with van der Waals surface area (Å²) in [6.07, 6.45) is 0. The van der Waals surface area contributed by atoms with E-state index in [1.165, 1.54) is 6.07 Å². The van der Waals surface area contributed by atoms with E-state index in [4.69, 9.17) is 4.74 Å². The van der Waals surface area contributed by atoms with Crippen molar-refractivity contribution in [3.05, 3.63) is 34.1 Å². The Bertz CT molecular complexity index is 363. The maximum absolute atomic E-state index is 13.6. The number of hydrogen-bond acceptors (Lipinski definition) is 3. The number of benzene rings is 1. The van der Waals surface area contributed by atoms with E-state index in [-0.39, 0.29) is 5.82 Å². The van der Waals surface area contributed by atoms with Crippen LogP contribution in [0.15, 0.2) is 22.7 Å². The quantitative estimate of drug-likeness (QED) is 0.744. The lowest BCUT2D eigenvalue weighted by atomic mass is 10.2. The van der Waals surface area contributed by atoms with E-state index in [0.29, 0.717) is 13.2 Å². The summed E-state index contributed by atoms with van der Waals surface area (Å²) in [5.41, 5.74) is 0.720. The van der Waals surface area contributed by atoms with Crippen LogP contribution in [0.1, 0.15) is 5.56 Å². The van der Waals surface area contributed by atoms with E-state index >= 15 is 0 Å². The summed E-state index contributed by atoms with van der Waals surface area (Å²) in [5.74, 6) is -0.163. The van der Waals surface area contributed by atoms with Crippen LogP contribution in [-0.4, -0.2) is 45.3 Å². The molecule has 3 nitrogen and oxygen atoms in total. The van der Waals surface area contributed by atoms with Crippen LogP contribution in [0.5, 0.6) is 0 Å². The SMILES string of the molecule is COCCNCCN(C)Cc1ccc(Br)cc1F. The molecule has 0 heterocycles. The highest BCUT2D eigenvalue weighted by atomic mass is 79.9. The van der Waals surface area contributed by atoms with Crippen molar-refractivity contribution in [3.63, 3.8) is 0 Å². The van der Waals surface area contributed by atoms with Gasteiger partial charge in [0.25, 0.3) is 0 Å². The molecule has 102 valence electrons. The topological polar surface area (TPSA) is 24.5 Å². The second-order valence-electron chi connectivity index (χ2n) is 4.22. The normalized spacial score (nSPS) is 11.2. The van der Waals surface area contributed by atoms with Crippen LogP contribution in [0.2, 0.25) is 0 Å². The molecule has 5 heteroatoms. The van der Waals surface area contributed by atoms with Gasteiger partial charge in [-0.2, -0.15) is 0 Å². The largest absolute Gasteiger partial charge is 0.383 e. The molecule has 0 unspecified atom stereocenters. The summed E-state index contributed by atoms with van der Waals surface area (Å²) in [6.45, 7) is 3.92. The lowest BCUT2D eigenvalue weighted by Gasteiger charge is -2.17. The minimum absolute atomic E-state index is 0.163. The van der Waals surface area contributed by atoms with Crippen molar-refractivity contribution in [1.29, 1.82) is 0 Å². The second kappa shape index (κ2) is 8.58. The Morgan fingerprint density at radius 1 is 1.39 bits per heavy atom. The highest BCUT2D eigenvalue weighted by Crippen LogP contribution is 2.16. The molecule has 0 spiro atoms. The van der Waals surface area contributed by atoms with Crippen molar-refractivity contribution in [2.45, 2.75) is 6.54 Å². The maximum atomic E-state index is 13.6. The predicted octanol–water partition coefficient (Wildman–Crippen LogP) is 2.26. The Morgan fingerprint density at radius 3 is 2.83 bits per heavy atom. The molecule has 0 saturated heterocycles. The molecule has 18 heavy (non-hydrogen) atoms. The average molecular weight is 319 g/mol. The van der Waals surface area contributed by atoms with E-state index in [9.17, 15) is 4.39 Å². The first-order valence-corrected chi connectivity index (χ1v) is 6.75. The minimum atomic E-state index is -0.163. The highest BCUT2D eigenvalue weighted by Gasteiger charge is 2.05. The number of hydrogen-bond donors (Lipinski definition) is 1. The molecule has 0 saturated carbocycles. The minimum Gasteiger partial charge on any atom is -0.383 e. The first kappa shape index (κ1) is 15.6. The van der Waals surface area contributed by atoms with Crippen molar-refractivity contribution in [3.8, 4) is 0 Å². The molecule has 0 fully saturated rings. The molecular formula is C13H20BrFN2O. The van der Waals surface area contributed by atoms with Gasteiger partial charge in [0.05, 0.1) is 6.61 Å². The number of ether oxygens (including phenoxy) is 1. The van der Waals surface area contributed by atoms with Crippen molar-refractivity contribution < 1.29 is 9.13 Å². The average Bonchev–Trinajstić information content (AvgIpc) is 2.32. The van der Waals surface area contributed by atoms with Crippen LogP contribution in [0.25, 0.3) is 0 Å². The fourth-order valence-corrected chi connectivity index (χ4v) is 1.92. The first-order valence-electron chi connectivity index (χ1n) is 5.95. The zero-order valence-corrected chi connectivity index (χ0v) is 12.5. The number of rotatable bonds is 8. The molecule has 0 aliphatic heterocycles. The summed E-state index contributed by atoms with van der Waals surface area (Å²) in [4.78, 5) is 2.09. The lowest BCUT2D eigenvalue weighted by Crippen LogP contribution is -2.30. The zero-order chi connectivity index (χ0) is 13.4. The fourth-order valence-electron chi connectivity index (χ4n) is 1.59. The van der Waals surface area contributed by atoms with Gasteiger partial charge in [0.15, 0.2) is 0 Å². The van der Waals surface area contributed by atoms with Crippen LogP contribution in [0.4, 0.5) is 4.39 Å². The van der Waals surface area contributed by atoms with Crippen LogP contribution >= 0.6 is 15.9 Å². The third-order valence-corrected chi connectivity index (χ3v) is 3.10. The van der Waals surface area contributed by atoms with Gasteiger partial charge in [-0.15, -0.1) is 0 Å². The van der Waals surface area contributed by atoms with Gasteiger partial charge in [0, 0.05) is 43.3 Å². The zero-order valence-electron chi connectivity index (χ0n) is 10.9. The van der Waals surface area contributed by atoms with E-state index in [1.807, 2.05) is 19.2 Å². The highest BCUT2D eigenvalue weighted by molar-refractivity contribution is 9.10. The molecule has 0 atom stereocenters. The molecule has 1 aromatic carbocycles. The van der Waals surface area contributed by atoms with Crippen molar-refractivity contribution in [2.75, 3.05) is 40.4 Å². The Hall–Kier alpha value is -0.490. The molecule has 1 aromatic rings. The molecule has 0 aliphatic carbocycles. The van der Waals surface area contributed by atoms with E-state index in [1.54, 1.807) is 7.11 Å². The molecule has 0 amide bonds. The van der Waals surface area contributed by atoms with Gasteiger partial charge in [-0.25, -0.2) is 4.39 Å².